The van der Waals surface area contributed by atoms with Crippen LogP contribution in [0.3, 0.4) is 0 Å². The van der Waals surface area contributed by atoms with Crippen LogP contribution in [0, 0.1) is 13.8 Å². The molecule has 5 nitrogen and oxygen atoms in total. The van der Waals surface area contributed by atoms with Crippen molar-refractivity contribution in [2.75, 3.05) is 5.32 Å². The second-order valence-electron chi connectivity index (χ2n) is 4.08. The van der Waals surface area contributed by atoms with E-state index in [9.17, 15) is 14.7 Å². The first-order valence-electron chi connectivity index (χ1n) is 5.67. The lowest BCUT2D eigenvalue weighted by atomic mass is 10.1. The minimum atomic E-state index is -1.05. The van der Waals surface area contributed by atoms with E-state index in [-0.39, 0.29) is 11.3 Å². The maximum atomic E-state index is 12.1. The zero-order chi connectivity index (χ0) is 14.9. The maximum Gasteiger partial charge on any atom is 0.338 e. The molecule has 2 aromatic rings. The van der Waals surface area contributed by atoms with E-state index >= 15 is 0 Å². The zero-order valence-electron chi connectivity index (χ0n) is 10.7. The highest BCUT2D eigenvalue weighted by Crippen LogP contribution is 2.32. The summed E-state index contributed by atoms with van der Waals surface area (Å²) in [5.74, 6) is -1.50. The van der Waals surface area contributed by atoms with Crippen LogP contribution in [0.5, 0.6) is 0 Å². The quantitative estimate of drug-likeness (QED) is 0.884. The number of carboxylic acid groups (broad SMARTS) is 1. The Balaban J connectivity index is 2.36. The summed E-state index contributed by atoms with van der Waals surface area (Å²) in [4.78, 5) is 28.2. The molecule has 0 unspecified atom stereocenters. The van der Waals surface area contributed by atoms with Gasteiger partial charge in [0.1, 0.15) is 10.7 Å². The van der Waals surface area contributed by atoms with E-state index in [0.29, 0.717) is 15.0 Å². The predicted octanol–water partition coefficient (Wildman–Crippen LogP) is 3.47. The molecule has 0 aliphatic heterocycles. The van der Waals surface area contributed by atoms with Crippen LogP contribution < -0.4 is 5.32 Å². The molecule has 0 atom stereocenters. The number of aromatic carboxylic acids is 1. The number of halogens is 1. The molecule has 2 aromatic heterocycles. The van der Waals surface area contributed by atoms with Gasteiger partial charge in [-0.1, -0.05) is 0 Å². The molecular weight excluding hydrogens is 344 g/mol. The number of carboxylic acids is 1. The molecule has 0 spiro atoms. The van der Waals surface area contributed by atoms with Gasteiger partial charge in [-0.3, -0.25) is 4.79 Å². The lowest BCUT2D eigenvalue weighted by Gasteiger charge is -2.05. The second-order valence-corrected chi connectivity index (χ2v) is 6.16. The van der Waals surface area contributed by atoms with Crippen molar-refractivity contribution in [3.05, 3.63) is 44.5 Å². The van der Waals surface area contributed by atoms with Crippen molar-refractivity contribution in [2.24, 2.45) is 0 Å². The molecule has 7 heteroatoms. The molecule has 0 fully saturated rings. The molecule has 2 N–H and O–H groups in total. The summed E-state index contributed by atoms with van der Waals surface area (Å²) in [5, 5.41) is 12.2. The van der Waals surface area contributed by atoms with E-state index in [4.69, 9.17) is 0 Å². The molecule has 0 radical (unpaired) electrons. The standard InChI is InChI=1S/C13H11BrN2O3S/c1-6-7(2)20-12(9(6)13(18)19)16-11(17)10-8(14)4-3-5-15-10/h3-5H,1-2H3,(H,16,17)(H,18,19). The number of aromatic nitrogens is 1. The van der Waals surface area contributed by atoms with Crippen LogP contribution in [0.4, 0.5) is 5.00 Å². The number of aryl methyl sites for hydroxylation is 1. The van der Waals surface area contributed by atoms with Crippen molar-refractivity contribution in [1.29, 1.82) is 0 Å². The minimum Gasteiger partial charge on any atom is -0.478 e. The van der Waals surface area contributed by atoms with Crippen LogP contribution in [-0.4, -0.2) is 22.0 Å². The Morgan fingerprint density at radius 1 is 1.40 bits per heavy atom. The van der Waals surface area contributed by atoms with Gasteiger partial charge in [-0.2, -0.15) is 0 Å². The maximum absolute atomic E-state index is 12.1. The van der Waals surface area contributed by atoms with E-state index in [2.05, 4.69) is 26.2 Å². The van der Waals surface area contributed by atoms with Crippen LogP contribution in [0.1, 0.15) is 31.3 Å². The first-order valence-corrected chi connectivity index (χ1v) is 7.28. The Hall–Kier alpha value is -1.73. The first-order chi connectivity index (χ1) is 9.41. The van der Waals surface area contributed by atoms with Crippen molar-refractivity contribution < 1.29 is 14.7 Å². The van der Waals surface area contributed by atoms with Gasteiger partial charge in [0, 0.05) is 15.5 Å². The summed E-state index contributed by atoms with van der Waals surface area (Å²) >= 11 is 4.48. The number of hydrogen-bond donors (Lipinski definition) is 2. The Morgan fingerprint density at radius 2 is 2.10 bits per heavy atom. The SMILES string of the molecule is Cc1sc(NC(=O)c2ncccc2Br)c(C(=O)O)c1C. The van der Waals surface area contributed by atoms with Crippen LogP contribution in [0.2, 0.25) is 0 Å². The number of carbonyl (C=O) groups is 2. The molecule has 2 rings (SSSR count). The Labute approximate surface area is 127 Å². The molecule has 0 aliphatic carbocycles. The average Bonchev–Trinajstić information content (AvgIpc) is 2.65. The molecule has 1 amide bonds. The number of pyridine rings is 1. The van der Waals surface area contributed by atoms with Gasteiger partial charge < -0.3 is 10.4 Å². The Morgan fingerprint density at radius 3 is 2.70 bits per heavy atom. The van der Waals surface area contributed by atoms with Gasteiger partial charge in [0.05, 0.1) is 5.56 Å². The number of carbonyl (C=O) groups excluding carboxylic acids is 1. The van der Waals surface area contributed by atoms with Crippen molar-refractivity contribution in [2.45, 2.75) is 13.8 Å². The van der Waals surface area contributed by atoms with Gasteiger partial charge in [-0.25, -0.2) is 9.78 Å². The molecule has 0 aromatic carbocycles. The largest absolute Gasteiger partial charge is 0.478 e. The van der Waals surface area contributed by atoms with Crippen LogP contribution in [0.25, 0.3) is 0 Å². The molecular formula is C13H11BrN2O3S. The second kappa shape index (κ2) is 5.72. The average molecular weight is 355 g/mol. The van der Waals surface area contributed by atoms with Gasteiger partial charge in [0.25, 0.3) is 5.91 Å². The van der Waals surface area contributed by atoms with Gasteiger partial charge in [0.2, 0.25) is 0 Å². The zero-order valence-corrected chi connectivity index (χ0v) is 13.1. The van der Waals surface area contributed by atoms with E-state index in [1.54, 1.807) is 19.1 Å². The third-order valence-electron chi connectivity index (χ3n) is 2.80. The Kier molecular flexibility index (Phi) is 4.20. The lowest BCUT2D eigenvalue weighted by Crippen LogP contribution is -2.15. The van der Waals surface area contributed by atoms with Crippen LogP contribution >= 0.6 is 27.3 Å². The highest BCUT2D eigenvalue weighted by atomic mass is 79.9. The predicted molar refractivity (Wildman–Crippen MR) is 80.6 cm³/mol. The summed E-state index contributed by atoms with van der Waals surface area (Å²) in [6.07, 6.45) is 1.50. The number of amides is 1. The minimum absolute atomic E-state index is 0.132. The highest BCUT2D eigenvalue weighted by Gasteiger charge is 2.21. The van der Waals surface area contributed by atoms with E-state index in [1.165, 1.54) is 17.5 Å². The number of hydrogen-bond acceptors (Lipinski definition) is 4. The summed E-state index contributed by atoms with van der Waals surface area (Å²) in [7, 11) is 0. The molecule has 0 bridgehead atoms. The van der Waals surface area contributed by atoms with Gasteiger partial charge in [-0.05, 0) is 47.5 Å². The van der Waals surface area contributed by atoms with E-state index in [1.807, 2.05) is 6.92 Å². The number of nitrogens with zero attached hydrogens (tertiary/aromatic N) is 1. The van der Waals surface area contributed by atoms with Gasteiger partial charge in [0.15, 0.2) is 0 Å². The summed E-state index contributed by atoms with van der Waals surface area (Å²) in [5.41, 5.74) is 1.01. The lowest BCUT2D eigenvalue weighted by molar-refractivity contribution is 0.0697. The van der Waals surface area contributed by atoms with Crippen LogP contribution in [0.15, 0.2) is 22.8 Å². The van der Waals surface area contributed by atoms with Crippen molar-refractivity contribution >= 4 is 44.1 Å². The smallest absolute Gasteiger partial charge is 0.338 e. The molecule has 20 heavy (non-hydrogen) atoms. The summed E-state index contributed by atoms with van der Waals surface area (Å²) < 4.78 is 0.555. The molecule has 0 aliphatic rings. The molecule has 0 saturated heterocycles. The van der Waals surface area contributed by atoms with Crippen molar-refractivity contribution in [1.82, 2.24) is 4.98 Å². The Bertz CT molecular complexity index is 697. The van der Waals surface area contributed by atoms with Crippen LogP contribution in [-0.2, 0) is 0 Å². The van der Waals surface area contributed by atoms with E-state index in [0.717, 1.165) is 4.88 Å². The van der Waals surface area contributed by atoms with Crippen molar-refractivity contribution in [3.63, 3.8) is 0 Å². The normalized spacial score (nSPS) is 10.3. The third kappa shape index (κ3) is 2.73. The molecule has 0 saturated carbocycles. The van der Waals surface area contributed by atoms with Gasteiger partial charge >= 0.3 is 5.97 Å². The molecule has 104 valence electrons. The fraction of sp³-hybridized carbons (Fsp3) is 0.154. The monoisotopic (exact) mass is 354 g/mol. The topological polar surface area (TPSA) is 79.3 Å². The fourth-order valence-electron chi connectivity index (χ4n) is 1.69. The highest BCUT2D eigenvalue weighted by molar-refractivity contribution is 9.10. The summed E-state index contributed by atoms with van der Waals surface area (Å²) in [6.45, 7) is 3.54. The van der Waals surface area contributed by atoms with E-state index < -0.39 is 11.9 Å². The number of nitrogens with one attached hydrogen (secondary N) is 1. The first kappa shape index (κ1) is 14.7. The van der Waals surface area contributed by atoms with Crippen molar-refractivity contribution in [3.8, 4) is 0 Å². The number of anilines is 1. The third-order valence-corrected chi connectivity index (χ3v) is 4.56. The molecule has 2 heterocycles. The number of thiophene rings is 1. The fourth-order valence-corrected chi connectivity index (χ4v) is 3.17. The number of rotatable bonds is 3. The van der Waals surface area contributed by atoms with Gasteiger partial charge in [-0.15, -0.1) is 11.3 Å². The summed E-state index contributed by atoms with van der Waals surface area (Å²) in [6, 6.07) is 3.40.